The molecule has 10 heteroatoms. The molecule has 0 unspecified atom stereocenters. The van der Waals surface area contributed by atoms with Crippen molar-refractivity contribution in [2.75, 3.05) is 13.3 Å². The van der Waals surface area contributed by atoms with Gasteiger partial charge in [0, 0.05) is 18.2 Å². The molecule has 0 saturated heterocycles. The molecule has 0 spiro atoms. The molecule has 2 aromatic carbocycles. The van der Waals surface area contributed by atoms with Gasteiger partial charge in [-0.3, -0.25) is 9.59 Å². The van der Waals surface area contributed by atoms with Gasteiger partial charge in [0.05, 0.1) is 11.4 Å². The monoisotopic (exact) mass is 433 g/mol. The number of sulfonamides is 1. The van der Waals surface area contributed by atoms with E-state index in [2.05, 4.69) is 15.4 Å². The topological polar surface area (TPSA) is 123 Å². The van der Waals surface area contributed by atoms with Gasteiger partial charge in [0.25, 0.3) is 5.91 Å². The van der Waals surface area contributed by atoms with Crippen molar-refractivity contribution in [1.82, 2.24) is 15.4 Å². The summed E-state index contributed by atoms with van der Waals surface area (Å²) in [6.45, 7) is 3.49. The average molecular weight is 433 g/mol. The van der Waals surface area contributed by atoms with Crippen LogP contribution in [0, 0.1) is 0 Å². The molecule has 0 aliphatic carbocycles. The van der Waals surface area contributed by atoms with Gasteiger partial charge in [0.1, 0.15) is 0 Å². The summed E-state index contributed by atoms with van der Waals surface area (Å²) in [6, 6.07) is 10.8. The van der Waals surface area contributed by atoms with E-state index in [4.69, 9.17) is 9.47 Å². The Balaban J connectivity index is 1.51. The Hall–Kier alpha value is -3.11. The average Bonchev–Trinajstić information content (AvgIpc) is 3.17. The van der Waals surface area contributed by atoms with Gasteiger partial charge in [-0.15, -0.1) is 0 Å². The fraction of sp³-hybridized carbons (Fsp3) is 0.300. The van der Waals surface area contributed by atoms with Crippen molar-refractivity contribution in [1.29, 1.82) is 0 Å². The molecule has 1 heterocycles. The van der Waals surface area contributed by atoms with Crippen molar-refractivity contribution in [3.8, 4) is 11.5 Å². The molecular formula is C20H23N3O6S. The van der Waals surface area contributed by atoms with Crippen molar-refractivity contribution in [3.05, 3.63) is 53.6 Å². The highest BCUT2D eigenvalue weighted by Crippen LogP contribution is 2.32. The van der Waals surface area contributed by atoms with E-state index in [9.17, 15) is 18.0 Å². The molecular weight excluding hydrogens is 410 g/mol. The van der Waals surface area contributed by atoms with Crippen LogP contribution >= 0.6 is 0 Å². The summed E-state index contributed by atoms with van der Waals surface area (Å²) in [4.78, 5) is 24.4. The summed E-state index contributed by atoms with van der Waals surface area (Å²) < 4.78 is 37.4. The van der Waals surface area contributed by atoms with Crippen molar-refractivity contribution < 1.29 is 27.5 Å². The maximum Gasteiger partial charge on any atom is 0.251 e. The minimum absolute atomic E-state index is 0.110. The summed E-state index contributed by atoms with van der Waals surface area (Å²) in [6.07, 6.45) is 0. The predicted molar refractivity (Wildman–Crippen MR) is 109 cm³/mol. The number of hydrogen-bond acceptors (Lipinski definition) is 6. The van der Waals surface area contributed by atoms with Gasteiger partial charge in [-0.25, -0.2) is 13.1 Å². The number of carbonyl (C=O) groups excluding carboxylic acids is 2. The van der Waals surface area contributed by atoms with Crippen LogP contribution in [0.3, 0.4) is 0 Å². The molecule has 0 aromatic heterocycles. The summed E-state index contributed by atoms with van der Waals surface area (Å²) >= 11 is 0. The van der Waals surface area contributed by atoms with Crippen molar-refractivity contribution in [3.63, 3.8) is 0 Å². The predicted octanol–water partition coefficient (Wildman–Crippen LogP) is 1.15. The summed E-state index contributed by atoms with van der Waals surface area (Å²) in [5, 5.41) is 5.18. The zero-order chi connectivity index (χ0) is 21.7. The molecule has 160 valence electrons. The molecule has 0 fully saturated rings. The van der Waals surface area contributed by atoms with Crippen molar-refractivity contribution in [2.45, 2.75) is 31.3 Å². The lowest BCUT2D eigenvalue weighted by Gasteiger charge is -2.11. The highest BCUT2D eigenvalue weighted by Gasteiger charge is 2.17. The van der Waals surface area contributed by atoms with E-state index in [0.29, 0.717) is 22.6 Å². The molecule has 30 heavy (non-hydrogen) atoms. The highest BCUT2D eigenvalue weighted by atomic mass is 32.2. The molecule has 3 rings (SSSR count). The number of hydrogen-bond donors (Lipinski definition) is 3. The zero-order valence-electron chi connectivity index (χ0n) is 16.6. The van der Waals surface area contributed by atoms with Gasteiger partial charge in [-0.2, -0.15) is 0 Å². The Bertz CT molecular complexity index is 1050. The molecule has 0 bridgehead atoms. The first-order valence-corrected chi connectivity index (χ1v) is 10.8. The van der Waals surface area contributed by atoms with Crippen LogP contribution in [0.15, 0.2) is 47.4 Å². The van der Waals surface area contributed by atoms with Crippen LogP contribution in [0.1, 0.15) is 29.8 Å². The van der Waals surface area contributed by atoms with Crippen LogP contribution in [0.2, 0.25) is 0 Å². The number of nitrogens with one attached hydrogen (secondary N) is 3. The van der Waals surface area contributed by atoms with Crippen LogP contribution in [0.25, 0.3) is 0 Å². The molecule has 0 saturated carbocycles. The van der Waals surface area contributed by atoms with Gasteiger partial charge in [0.15, 0.2) is 11.5 Å². The second-order valence-corrected chi connectivity index (χ2v) is 8.66. The maximum atomic E-state index is 12.3. The smallest absolute Gasteiger partial charge is 0.251 e. The number of carbonyl (C=O) groups is 2. The van der Waals surface area contributed by atoms with Crippen LogP contribution < -0.4 is 24.8 Å². The Morgan fingerprint density at radius 3 is 2.57 bits per heavy atom. The fourth-order valence-corrected chi connectivity index (χ4v) is 4.09. The van der Waals surface area contributed by atoms with E-state index < -0.39 is 21.8 Å². The molecule has 0 radical (unpaired) electrons. The van der Waals surface area contributed by atoms with Crippen molar-refractivity contribution in [2.24, 2.45) is 0 Å². The second kappa shape index (κ2) is 9.14. The molecule has 2 aromatic rings. The second-order valence-electron chi connectivity index (χ2n) is 6.95. The third kappa shape index (κ3) is 5.49. The normalized spacial score (nSPS) is 12.6. The SMILES string of the molecule is CC(C)NS(=O)(=O)c1cccc(CNC(=O)CNC(=O)c2ccc3c(c2)OCO3)c1. The van der Waals surface area contributed by atoms with E-state index in [1.54, 1.807) is 44.2 Å². The number of benzene rings is 2. The molecule has 9 nitrogen and oxygen atoms in total. The number of amides is 2. The third-order valence-corrected chi connectivity index (χ3v) is 5.79. The van der Waals surface area contributed by atoms with Crippen LogP contribution in [-0.4, -0.2) is 39.6 Å². The number of ether oxygens (including phenoxy) is 2. The Kier molecular flexibility index (Phi) is 6.58. The summed E-state index contributed by atoms with van der Waals surface area (Å²) in [5.41, 5.74) is 0.972. The molecule has 1 aliphatic rings. The largest absolute Gasteiger partial charge is 0.454 e. The summed E-state index contributed by atoms with van der Waals surface area (Å²) in [7, 11) is -3.62. The lowest BCUT2D eigenvalue weighted by Crippen LogP contribution is -2.36. The molecule has 2 amide bonds. The van der Waals surface area contributed by atoms with E-state index in [1.807, 2.05) is 0 Å². The summed E-state index contributed by atoms with van der Waals surface area (Å²) in [5.74, 6) is 0.222. The quantitative estimate of drug-likeness (QED) is 0.574. The molecule has 1 aliphatic heterocycles. The molecule has 0 atom stereocenters. The minimum Gasteiger partial charge on any atom is -0.454 e. The zero-order valence-corrected chi connectivity index (χ0v) is 17.4. The van der Waals surface area contributed by atoms with E-state index in [-0.39, 0.29) is 30.8 Å². The van der Waals surface area contributed by atoms with E-state index >= 15 is 0 Å². The standard InChI is InChI=1S/C20H23N3O6S/c1-13(2)23-30(26,27)16-5-3-4-14(8-16)10-21-19(24)11-22-20(25)15-6-7-17-18(9-15)29-12-28-17/h3-9,13,23H,10-12H2,1-2H3,(H,21,24)(H,22,25). The first-order chi connectivity index (χ1) is 14.2. The number of fused-ring (bicyclic) bond motifs is 1. The highest BCUT2D eigenvalue weighted by molar-refractivity contribution is 7.89. The minimum atomic E-state index is -3.62. The van der Waals surface area contributed by atoms with Gasteiger partial charge in [-0.05, 0) is 49.7 Å². The third-order valence-electron chi connectivity index (χ3n) is 4.13. The van der Waals surface area contributed by atoms with Crippen LogP contribution in [0.4, 0.5) is 0 Å². The van der Waals surface area contributed by atoms with Gasteiger partial charge in [-0.1, -0.05) is 12.1 Å². The maximum absolute atomic E-state index is 12.3. The van der Waals surface area contributed by atoms with Gasteiger partial charge in [0.2, 0.25) is 22.7 Å². The fourth-order valence-electron chi connectivity index (χ4n) is 2.76. The number of rotatable bonds is 8. The van der Waals surface area contributed by atoms with Crippen molar-refractivity contribution >= 4 is 21.8 Å². The van der Waals surface area contributed by atoms with Gasteiger partial charge < -0.3 is 20.1 Å². The van der Waals surface area contributed by atoms with Gasteiger partial charge >= 0.3 is 0 Å². The lowest BCUT2D eigenvalue weighted by molar-refractivity contribution is -0.120. The van der Waals surface area contributed by atoms with Crippen LogP contribution in [-0.2, 0) is 21.4 Å². The first-order valence-electron chi connectivity index (χ1n) is 9.30. The lowest BCUT2D eigenvalue weighted by atomic mass is 10.2. The Labute approximate surface area is 174 Å². The Morgan fingerprint density at radius 1 is 1.03 bits per heavy atom. The first kappa shape index (κ1) is 21.6. The molecule has 3 N–H and O–H groups in total. The van der Waals surface area contributed by atoms with Crippen LogP contribution in [0.5, 0.6) is 11.5 Å². The van der Waals surface area contributed by atoms with E-state index in [1.165, 1.54) is 12.1 Å². The Morgan fingerprint density at radius 2 is 1.80 bits per heavy atom. The van der Waals surface area contributed by atoms with E-state index in [0.717, 1.165) is 0 Å².